The van der Waals surface area contributed by atoms with Crippen LogP contribution in [-0.4, -0.2) is 52.8 Å². The molecule has 43 heavy (non-hydrogen) atoms. The first-order valence-corrected chi connectivity index (χ1v) is 12.7. The largest absolute Gasteiger partial charge is 0.383 e. The molecule has 2 atom stereocenters. The number of nitrogens with two attached hydrogens (primary N) is 6. The summed E-state index contributed by atoms with van der Waals surface area (Å²) in [7, 11) is 0. The Bertz CT molecular complexity index is 1590. The highest BCUT2D eigenvalue weighted by molar-refractivity contribution is 6.30. The van der Waals surface area contributed by atoms with E-state index in [0.29, 0.717) is 16.7 Å². The molecule has 0 saturated heterocycles. The van der Waals surface area contributed by atoms with Crippen molar-refractivity contribution < 1.29 is 9.85 Å². The van der Waals surface area contributed by atoms with Crippen LogP contribution in [0.5, 0.6) is 0 Å². The number of aromatic nitrogens is 6. The van der Waals surface area contributed by atoms with Crippen molar-refractivity contribution in [3.8, 4) is 0 Å². The number of rotatable bonds is 8. The molecule has 0 saturated carbocycles. The number of nitrogens with zero attached hydrogens (tertiary/aromatic N) is 8. The van der Waals surface area contributed by atoms with E-state index in [0.717, 1.165) is 11.3 Å². The Morgan fingerprint density at radius 3 is 1.60 bits per heavy atom. The summed E-state index contributed by atoms with van der Waals surface area (Å²) in [6.45, 7) is 2.71. The summed E-state index contributed by atoms with van der Waals surface area (Å²) in [6, 6.07) is 5.19. The van der Waals surface area contributed by atoms with E-state index < -0.39 is 34.8 Å². The first-order chi connectivity index (χ1) is 20.2. The third-order valence-corrected chi connectivity index (χ3v) is 6.55. The Labute approximate surface area is 249 Å². The third kappa shape index (κ3) is 7.76. The second kappa shape index (κ2) is 13.3. The molecule has 19 heteroatoms. The molecule has 4 aromatic rings. The maximum absolute atomic E-state index is 11.1. The van der Waals surface area contributed by atoms with E-state index >= 15 is 0 Å². The van der Waals surface area contributed by atoms with Crippen molar-refractivity contribution in [1.29, 1.82) is 0 Å². The van der Waals surface area contributed by atoms with Gasteiger partial charge in [0, 0.05) is 33.5 Å². The Kier molecular flexibility index (Phi) is 9.89. The number of pyridine rings is 2. The van der Waals surface area contributed by atoms with E-state index in [1.54, 1.807) is 31.3 Å². The molecule has 0 aliphatic rings. The molecule has 4 heterocycles. The number of halogens is 1. The average molecular weight is 613 g/mol. The standard InChI is InChI=1S/C12H14ClN7O2.C12H15N7O2/c1-5-2-3-17-9(13)7(5)6(4-20(21)22)8-10(14)18-12(16)19-11(8)15;1-6-2-3-7(4-16-6)8(5-19(20)21)9-10(13)17-12(15)18-11(9)14/h2-3,6H,4H2,1H3,(H6,14,15,16,18,19);2-4,8H,5H2,1H3,(H6,13,14,15,17,18). The van der Waals surface area contributed by atoms with Crippen LogP contribution in [-0.2, 0) is 0 Å². The topological polar surface area (TPSA) is 320 Å². The molecule has 226 valence electrons. The second-order valence-electron chi connectivity index (χ2n) is 9.23. The lowest BCUT2D eigenvalue weighted by Gasteiger charge is -2.19. The fourth-order valence-electron chi connectivity index (χ4n) is 4.39. The van der Waals surface area contributed by atoms with Gasteiger partial charge in [-0.15, -0.1) is 0 Å². The van der Waals surface area contributed by atoms with Crippen LogP contribution in [0.3, 0.4) is 0 Å². The summed E-state index contributed by atoms with van der Waals surface area (Å²) < 4.78 is 0. The lowest BCUT2D eigenvalue weighted by Crippen LogP contribution is -2.20. The molecule has 2 unspecified atom stereocenters. The van der Waals surface area contributed by atoms with Crippen LogP contribution >= 0.6 is 11.6 Å². The van der Waals surface area contributed by atoms with E-state index in [9.17, 15) is 20.2 Å². The Hall–Kier alpha value is -5.65. The number of hydrogen-bond donors (Lipinski definition) is 6. The fraction of sp³-hybridized carbons (Fsp3) is 0.250. The van der Waals surface area contributed by atoms with E-state index in [1.165, 1.54) is 6.20 Å². The molecule has 0 aromatic carbocycles. The third-order valence-electron chi connectivity index (χ3n) is 6.25. The van der Waals surface area contributed by atoms with E-state index in [-0.39, 0.29) is 45.9 Å². The Morgan fingerprint density at radius 2 is 1.19 bits per heavy atom. The molecule has 12 N–H and O–H groups in total. The minimum Gasteiger partial charge on any atom is -0.383 e. The maximum atomic E-state index is 11.1. The predicted octanol–water partition coefficient (Wildman–Crippen LogP) is 1.32. The number of nitrogen functional groups attached to an aromatic ring is 6. The van der Waals surface area contributed by atoms with Gasteiger partial charge in [-0.1, -0.05) is 17.7 Å². The quantitative estimate of drug-likeness (QED) is 0.0927. The van der Waals surface area contributed by atoms with Crippen LogP contribution < -0.4 is 34.4 Å². The first kappa shape index (κ1) is 31.9. The van der Waals surface area contributed by atoms with Gasteiger partial charge in [0.1, 0.15) is 28.4 Å². The first-order valence-electron chi connectivity index (χ1n) is 12.3. The summed E-state index contributed by atoms with van der Waals surface area (Å²) in [4.78, 5) is 44.5. The van der Waals surface area contributed by atoms with Crippen molar-refractivity contribution >= 4 is 46.8 Å². The van der Waals surface area contributed by atoms with Crippen molar-refractivity contribution in [2.75, 3.05) is 47.5 Å². The number of nitro groups is 2. The molecule has 0 amide bonds. The summed E-state index contributed by atoms with van der Waals surface area (Å²) >= 11 is 6.11. The SMILES string of the molecule is Cc1ccc(C(C[N+](=O)[O-])c2c(N)nc(N)nc2N)cn1.Cc1ccnc(Cl)c1C(C[N+](=O)[O-])c1c(N)nc(N)nc1N. The van der Waals surface area contributed by atoms with E-state index in [2.05, 4.69) is 29.9 Å². The highest BCUT2D eigenvalue weighted by Gasteiger charge is 2.30. The highest BCUT2D eigenvalue weighted by atomic mass is 35.5. The van der Waals surface area contributed by atoms with Gasteiger partial charge >= 0.3 is 0 Å². The second-order valence-corrected chi connectivity index (χ2v) is 9.59. The zero-order valence-corrected chi connectivity index (χ0v) is 23.8. The molecule has 0 aliphatic carbocycles. The van der Waals surface area contributed by atoms with Crippen molar-refractivity contribution in [2.24, 2.45) is 0 Å². The van der Waals surface area contributed by atoms with Crippen LogP contribution in [0.15, 0.2) is 30.6 Å². The van der Waals surface area contributed by atoms with Crippen LogP contribution in [0.25, 0.3) is 0 Å². The number of anilines is 6. The molecule has 4 rings (SSSR count). The molecule has 0 fully saturated rings. The lowest BCUT2D eigenvalue weighted by atomic mass is 9.90. The van der Waals surface area contributed by atoms with Crippen LogP contribution in [0, 0.1) is 34.1 Å². The molecule has 0 radical (unpaired) electrons. The maximum Gasteiger partial charge on any atom is 0.223 e. The molecule has 0 spiro atoms. The van der Waals surface area contributed by atoms with Crippen LogP contribution in [0.1, 0.15) is 45.3 Å². The van der Waals surface area contributed by atoms with Gasteiger partial charge in [-0.25, -0.2) is 4.98 Å². The van der Waals surface area contributed by atoms with Crippen molar-refractivity contribution in [3.63, 3.8) is 0 Å². The van der Waals surface area contributed by atoms with Gasteiger partial charge in [0.15, 0.2) is 0 Å². The molecular weight excluding hydrogens is 584 g/mol. The lowest BCUT2D eigenvalue weighted by molar-refractivity contribution is -0.481. The minimum atomic E-state index is -0.822. The summed E-state index contributed by atoms with van der Waals surface area (Å²) in [5, 5.41) is 22.2. The van der Waals surface area contributed by atoms with Gasteiger partial charge in [0.25, 0.3) is 0 Å². The van der Waals surface area contributed by atoms with Crippen LogP contribution in [0.4, 0.5) is 35.2 Å². The van der Waals surface area contributed by atoms with E-state index in [4.69, 9.17) is 46.0 Å². The Balaban J connectivity index is 0.000000236. The zero-order chi connectivity index (χ0) is 32.0. The van der Waals surface area contributed by atoms with Gasteiger partial charge in [-0.3, -0.25) is 25.2 Å². The number of hydrogen-bond acceptors (Lipinski definition) is 16. The molecular formula is C24H29ClN14O4. The van der Waals surface area contributed by atoms with Gasteiger partial charge in [0.05, 0.1) is 23.0 Å². The van der Waals surface area contributed by atoms with Gasteiger partial charge in [-0.2, -0.15) is 19.9 Å². The normalized spacial score (nSPS) is 12.1. The molecule has 0 bridgehead atoms. The number of aryl methyl sites for hydroxylation is 2. The van der Waals surface area contributed by atoms with Crippen LogP contribution in [0.2, 0.25) is 5.15 Å². The van der Waals surface area contributed by atoms with Gasteiger partial charge in [-0.05, 0) is 37.1 Å². The Morgan fingerprint density at radius 1 is 0.721 bits per heavy atom. The van der Waals surface area contributed by atoms with Gasteiger partial charge in [0.2, 0.25) is 25.0 Å². The fourth-order valence-corrected chi connectivity index (χ4v) is 4.73. The zero-order valence-electron chi connectivity index (χ0n) is 23.0. The summed E-state index contributed by atoms with van der Waals surface area (Å²) in [6.07, 6.45) is 3.06. The minimum absolute atomic E-state index is 0.0174. The molecule has 4 aromatic heterocycles. The highest BCUT2D eigenvalue weighted by Crippen LogP contribution is 2.37. The predicted molar refractivity (Wildman–Crippen MR) is 161 cm³/mol. The molecule has 0 aliphatic heterocycles. The van der Waals surface area contributed by atoms with Crippen molar-refractivity contribution in [1.82, 2.24) is 29.9 Å². The average Bonchev–Trinajstić information content (AvgIpc) is 2.87. The summed E-state index contributed by atoms with van der Waals surface area (Å²) in [5.41, 5.74) is 37.4. The molecule has 18 nitrogen and oxygen atoms in total. The van der Waals surface area contributed by atoms with Crippen molar-refractivity contribution in [2.45, 2.75) is 25.7 Å². The monoisotopic (exact) mass is 612 g/mol. The van der Waals surface area contributed by atoms with Crippen molar-refractivity contribution in [3.05, 3.63) is 89.5 Å². The smallest absolute Gasteiger partial charge is 0.223 e. The van der Waals surface area contributed by atoms with Gasteiger partial charge < -0.3 is 34.4 Å². The summed E-state index contributed by atoms with van der Waals surface area (Å²) in [5.74, 6) is -1.65. The van der Waals surface area contributed by atoms with E-state index in [1.807, 2.05) is 6.92 Å².